The topological polar surface area (TPSA) is 74.3 Å². The second-order valence-electron chi connectivity index (χ2n) is 6.96. The highest BCUT2D eigenvalue weighted by atomic mass is 16.2. The van der Waals surface area contributed by atoms with Gasteiger partial charge in [0.15, 0.2) is 5.65 Å². The van der Waals surface area contributed by atoms with Crippen molar-refractivity contribution < 1.29 is 4.79 Å². The maximum absolute atomic E-state index is 12.8. The first-order valence-electron chi connectivity index (χ1n) is 9.03. The molecule has 25 heavy (non-hydrogen) atoms. The Morgan fingerprint density at radius 2 is 2.16 bits per heavy atom. The van der Waals surface area contributed by atoms with Gasteiger partial charge in [-0.25, -0.2) is 9.50 Å². The Morgan fingerprint density at radius 3 is 2.84 bits per heavy atom. The van der Waals surface area contributed by atoms with E-state index < -0.39 is 0 Å². The van der Waals surface area contributed by atoms with E-state index in [0.717, 1.165) is 36.2 Å². The second kappa shape index (κ2) is 6.83. The van der Waals surface area contributed by atoms with E-state index in [9.17, 15) is 4.79 Å². The minimum Gasteiger partial charge on any atom is -0.337 e. The van der Waals surface area contributed by atoms with Gasteiger partial charge in [-0.2, -0.15) is 10.4 Å². The van der Waals surface area contributed by atoms with Gasteiger partial charge in [-0.1, -0.05) is 6.92 Å². The first-order chi connectivity index (χ1) is 12.0. The number of hydrogen-bond acceptors (Lipinski definition) is 4. The lowest BCUT2D eigenvalue weighted by Gasteiger charge is -2.28. The lowest BCUT2D eigenvalue weighted by atomic mass is 10.1. The van der Waals surface area contributed by atoms with Crippen LogP contribution in [0.1, 0.15) is 62.0 Å². The van der Waals surface area contributed by atoms with Crippen molar-refractivity contribution in [3.63, 3.8) is 0 Å². The van der Waals surface area contributed by atoms with E-state index in [4.69, 9.17) is 5.26 Å². The zero-order chi connectivity index (χ0) is 18.1. The fraction of sp³-hybridized carbons (Fsp3) is 0.579. The third-order valence-electron chi connectivity index (χ3n) is 5.46. The highest BCUT2D eigenvalue weighted by Gasteiger charge is 2.32. The van der Waals surface area contributed by atoms with Gasteiger partial charge in [0.25, 0.3) is 0 Å². The fourth-order valence-corrected chi connectivity index (χ4v) is 4.03. The van der Waals surface area contributed by atoms with Crippen molar-refractivity contribution in [3.05, 3.63) is 28.7 Å². The molecule has 6 heteroatoms. The lowest BCUT2D eigenvalue weighted by Crippen LogP contribution is -2.39. The average molecular weight is 339 g/mol. The predicted molar refractivity (Wildman–Crippen MR) is 95.1 cm³/mol. The molecule has 2 aromatic heterocycles. The number of nitrogens with zero attached hydrogens (tertiary/aromatic N) is 5. The number of amides is 1. The van der Waals surface area contributed by atoms with E-state index in [1.807, 2.05) is 13.8 Å². The number of carbonyl (C=O) groups excluding carboxylic acids is 1. The molecule has 0 spiro atoms. The van der Waals surface area contributed by atoms with Crippen LogP contribution in [0.25, 0.3) is 5.65 Å². The molecule has 6 nitrogen and oxygen atoms in total. The van der Waals surface area contributed by atoms with Crippen LogP contribution in [0.4, 0.5) is 0 Å². The summed E-state index contributed by atoms with van der Waals surface area (Å²) in [6, 6.07) is 2.84. The average Bonchev–Trinajstić information content (AvgIpc) is 3.17. The van der Waals surface area contributed by atoms with E-state index in [2.05, 4.69) is 34.9 Å². The second-order valence-corrected chi connectivity index (χ2v) is 6.96. The van der Waals surface area contributed by atoms with Crippen LogP contribution >= 0.6 is 0 Å². The van der Waals surface area contributed by atoms with E-state index in [-0.39, 0.29) is 5.91 Å². The molecular formula is C19H25N5O. The van der Waals surface area contributed by atoms with E-state index >= 15 is 0 Å². The predicted octanol–water partition coefficient (Wildman–Crippen LogP) is 2.94. The van der Waals surface area contributed by atoms with Crippen molar-refractivity contribution in [3.8, 4) is 6.07 Å². The maximum Gasteiger partial charge on any atom is 0.223 e. The van der Waals surface area contributed by atoms with Crippen LogP contribution < -0.4 is 0 Å². The molecule has 2 atom stereocenters. The first kappa shape index (κ1) is 17.4. The molecule has 0 radical (unpaired) electrons. The van der Waals surface area contributed by atoms with E-state index in [1.54, 1.807) is 10.7 Å². The summed E-state index contributed by atoms with van der Waals surface area (Å²) in [5.41, 5.74) is 3.94. The monoisotopic (exact) mass is 339 g/mol. The molecule has 0 saturated carbocycles. The molecule has 0 aliphatic carbocycles. The molecule has 3 heterocycles. The van der Waals surface area contributed by atoms with Crippen LogP contribution in [-0.2, 0) is 11.2 Å². The Balaban J connectivity index is 1.82. The quantitative estimate of drug-likeness (QED) is 0.858. The standard InChI is InChI=1S/C19H25N5O/c1-5-16-7-6-12(2)23(16)18(25)9-8-17-13(3)22-19-15(10-20)11-21-24(19)14(17)4/h11-12,16H,5-9H2,1-4H3/t12-,16-/m0/s1. The molecule has 0 aromatic carbocycles. The number of aromatic nitrogens is 3. The number of fused-ring (bicyclic) bond motifs is 1. The third-order valence-corrected chi connectivity index (χ3v) is 5.46. The van der Waals surface area contributed by atoms with Crippen molar-refractivity contribution in [2.75, 3.05) is 0 Å². The smallest absolute Gasteiger partial charge is 0.223 e. The van der Waals surface area contributed by atoms with Gasteiger partial charge in [-0.3, -0.25) is 4.79 Å². The van der Waals surface area contributed by atoms with Gasteiger partial charge in [-0.15, -0.1) is 0 Å². The molecule has 1 amide bonds. The first-order valence-corrected chi connectivity index (χ1v) is 9.03. The Morgan fingerprint density at radius 1 is 1.40 bits per heavy atom. The SMILES string of the molecule is CC[C@H]1CC[C@H](C)N1C(=O)CCc1c(C)nc2c(C#N)cnn2c1C. The molecule has 0 N–H and O–H groups in total. The van der Waals surface area contributed by atoms with Gasteiger partial charge in [0.1, 0.15) is 11.6 Å². The zero-order valence-electron chi connectivity index (χ0n) is 15.4. The number of rotatable bonds is 4. The summed E-state index contributed by atoms with van der Waals surface area (Å²) in [7, 11) is 0. The summed E-state index contributed by atoms with van der Waals surface area (Å²) in [5, 5.41) is 13.4. The van der Waals surface area contributed by atoms with Crippen molar-refractivity contribution in [1.82, 2.24) is 19.5 Å². The van der Waals surface area contributed by atoms with Crippen LogP contribution in [0.15, 0.2) is 6.20 Å². The highest BCUT2D eigenvalue weighted by molar-refractivity contribution is 5.77. The molecule has 1 fully saturated rings. The van der Waals surface area contributed by atoms with Crippen molar-refractivity contribution in [2.24, 2.45) is 0 Å². The van der Waals surface area contributed by atoms with Gasteiger partial charge in [0.2, 0.25) is 5.91 Å². The minimum absolute atomic E-state index is 0.230. The Labute approximate surface area is 148 Å². The summed E-state index contributed by atoms with van der Waals surface area (Å²) in [6.07, 6.45) is 5.91. The zero-order valence-corrected chi connectivity index (χ0v) is 15.4. The molecule has 1 aliphatic heterocycles. The van der Waals surface area contributed by atoms with Gasteiger partial charge < -0.3 is 4.90 Å². The number of aryl methyl sites for hydroxylation is 2. The Bertz CT molecular complexity index is 848. The molecule has 132 valence electrons. The Hall–Kier alpha value is -2.42. The highest BCUT2D eigenvalue weighted by Crippen LogP contribution is 2.27. The summed E-state index contributed by atoms with van der Waals surface area (Å²) in [5.74, 6) is 0.230. The van der Waals surface area contributed by atoms with Crippen LogP contribution in [0.3, 0.4) is 0 Å². The molecular weight excluding hydrogens is 314 g/mol. The van der Waals surface area contributed by atoms with Crippen molar-refractivity contribution in [1.29, 1.82) is 5.26 Å². The van der Waals surface area contributed by atoms with Crippen LogP contribution in [0, 0.1) is 25.2 Å². The third kappa shape index (κ3) is 2.99. The molecule has 1 saturated heterocycles. The summed E-state index contributed by atoms with van der Waals surface area (Å²) in [6.45, 7) is 8.21. The van der Waals surface area contributed by atoms with E-state index in [1.165, 1.54) is 0 Å². The van der Waals surface area contributed by atoms with Gasteiger partial charge in [0, 0.05) is 29.9 Å². The number of likely N-dealkylation sites (tertiary alicyclic amines) is 1. The fourth-order valence-electron chi connectivity index (χ4n) is 4.03. The van der Waals surface area contributed by atoms with Gasteiger partial charge in [0.05, 0.1) is 6.20 Å². The largest absolute Gasteiger partial charge is 0.337 e. The van der Waals surface area contributed by atoms with E-state index in [0.29, 0.717) is 36.1 Å². The number of nitriles is 1. The number of hydrogen-bond donors (Lipinski definition) is 0. The van der Waals surface area contributed by atoms with Crippen LogP contribution in [-0.4, -0.2) is 37.5 Å². The summed E-state index contributed by atoms with van der Waals surface area (Å²) in [4.78, 5) is 19.4. The molecule has 0 bridgehead atoms. The molecule has 0 unspecified atom stereocenters. The lowest BCUT2D eigenvalue weighted by molar-refractivity contribution is -0.133. The van der Waals surface area contributed by atoms with Gasteiger partial charge >= 0.3 is 0 Å². The molecule has 3 rings (SSSR count). The number of carbonyl (C=O) groups is 1. The molecule has 1 aliphatic rings. The molecule has 2 aromatic rings. The Kier molecular flexibility index (Phi) is 4.76. The summed E-state index contributed by atoms with van der Waals surface area (Å²) >= 11 is 0. The van der Waals surface area contributed by atoms with Crippen molar-refractivity contribution in [2.45, 2.75) is 71.9 Å². The maximum atomic E-state index is 12.8. The summed E-state index contributed by atoms with van der Waals surface area (Å²) < 4.78 is 1.71. The van der Waals surface area contributed by atoms with Crippen molar-refractivity contribution >= 4 is 11.6 Å². The van der Waals surface area contributed by atoms with Crippen LogP contribution in [0.2, 0.25) is 0 Å². The van der Waals surface area contributed by atoms with Gasteiger partial charge in [-0.05, 0) is 52.0 Å². The van der Waals surface area contributed by atoms with Crippen LogP contribution in [0.5, 0.6) is 0 Å². The normalized spacial score (nSPS) is 20.2. The minimum atomic E-state index is 0.230.